The lowest BCUT2D eigenvalue weighted by Gasteiger charge is -2.30. The molecule has 4 atom stereocenters. The summed E-state index contributed by atoms with van der Waals surface area (Å²) in [5.74, 6) is -1.46. The summed E-state index contributed by atoms with van der Waals surface area (Å²) in [4.78, 5) is 38.5. The SMILES string of the molecule is O=C(N[C@@H](CC1CCCCC1)C(=O)N[C@@H](C[C@@H]1CCNC1=O)C(O)S(=O)(=O)O)OC1(Cc2ccccc2)CC1. The third kappa shape index (κ3) is 8.39. The van der Waals surface area contributed by atoms with Crippen molar-refractivity contribution in [1.82, 2.24) is 16.0 Å². The van der Waals surface area contributed by atoms with E-state index < -0.39 is 51.2 Å². The molecule has 2 aliphatic carbocycles. The van der Waals surface area contributed by atoms with Gasteiger partial charge in [-0.25, -0.2) is 4.79 Å². The Kier molecular flexibility index (Phi) is 9.50. The number of ether oxygens (including phenoxy) is 1. The van der Waals surface area contributed by atoms with E-state index in [1.54, 1.807) is 0 Å². The number of aliphatic hydroxyl groups is 1. The van der Waals surface area contributed by atoms with E-state index in [2.05, 4.69) is 16.0 Å². The van der Waals surface area contributed by atoms with Crippen molar-refractivity contribution in [1.29, 1.82) is 0 Å². The number of rotatable bonds is 12. The first kappa shape index (κ1) is 29.3. The maximum atomic E-state index is 13.5. The summed E-state index contributed by atoms with van der Waals surface area (Å²) >= 11 is 0. The summed E-state index contributed by atoms with van der Waals surface area (Å²) in [5.41, 5.74) is -1.91. The summed E-state index contributed by atoms with van der Waals surface area (Å²) < 4.78 is 38.8. The van der Waals surface area contributed by atoms with Crippen LogP contribution in [0.4, 0.5) is 4.79 Å². The minimum atomic E-state index is -4.93. The van der Waals surface area contributed by atoms with Gasteiger partial charge < -0.3 is 25.8 Å². The monoisotopic (exact) mass is 565 g/mol. The fraction of sp³-hybridized carbons (Fsp3) is 0.667. The van der Waals surface area contributed by atoms with Crippen LogP contribution in [0.15, 0.2) is 30.3 Å². The predicted molar refractivity (Wildman–Crippen MR) is 142 cm³/mol. The molecule has 1 heterocycles. The van der Waals surface area contributed by atoms with Crippen molar-refractivity contribution >= 4 is 28.0 Å². The van der Waals surface area contributed by atoms with Crippen molar-refractivity contribution in [2.75, 3.05) is 6.54 Å². The molecule has 0 aromatic heterocycles. The molecule has 1 aromatic carbocycles. The maximum Gasteiger partial charge on any atom is 0.408 e. The lowest BCUT2D eigenvalue weighted by molar-refractivity contribution is -0.126. The van der Waals surface area contributed by atoms with Crippen LogP contribution in [-0.2, 0) is 30.9 Å². The number of nitrogens with one attached hydrogen (secondary N) is 3. The highest BCUT2D eigenvalue weighted by Gasteiger charge is 2.47. The third-order valence-corrected chi connectivity index (χ3v) is 9.01. The van der Waals surface area contributed by atoms with Gasteiger partial charge in [-0.15, -0.1) is 0 Å². The molecule has 0 spiro atoms. The molecule has 3 aliphatic rings. The Morgan fingerprint density at radius 1 is 1.05 bits per heavy atom. The van der Waals surface area contributed by atoms with Crippen molar-refractivity contribution in [3.8, 4) is 0 Å². The van der Waals surface area contributed by atoms with Crippen molar-refractivity contribution in [2.45, 2.75) is 93.7 Å². The van der Waals surface area contributed by atoms with Gasteiger partial charge >= 0.3 is 6.09 Å². The first-order chi connectivity index (χ1) is 18.5. The van der Waals surface area contributed by atoms with Gasteiger partial charge in [0.05, 0.1) is 6.04 Å². The fourth-order valence-corrected chi connectivity index (χ4v) is 6.29. The number of carbonyl (C=O) groups is 3. The minimum absolute atomic E-state index is 0.180. The summed E-state index contributed by atoms with van der Waals surface area (Å²) in [6, 6.07) is 7.20. The van der Waals surface area contributed by atoms with E-state index in [0.29, 0.717) is 38.6 Å². The molecule has 1 aliphatic heterocycles. The van der Waals surface area contributed by atoms with Crippen LogP contribution in [0, 0.1) is 11.8 Å². The van der Waals surface area contributed by atoms with Gasteiger partial charge in [0.1, 0.15) is 11.6 Å². The van der Waals surface area contributed by atoms with E-state index in [4.69, 9.17) is 4.74 Å². The van der Waals surface area contributed by atoms with Crippen LogP contribution < -0.4 is 16.0 Å². The number of alkyl carbamates (subject to hydrolysis) is 1. The van der Waals surface area contributed by atoms with E-state index in [0.717, 1.165) is 37.7 Å². The van der Waals surface area contributed by atoms with Crippen molar-refractivity contribution in [2.24, 2.45) is 11.8 Å². The summed E-state index contributed by atoms with van der Waals surface area (Å²) in [7, 11) is -4.93. The van der Waals surface area contributed by atoms with Crippen molar-refractivity contribution in [3.05, 3.63) is 35.9 Å². The Labute approximate surface area is 229 Å². The van der Waals surface area contributed by atoms with Gasteiger partial charge in [-0.05, 0) is 43.6 Å². The molecule has 39 heavy (non-hydrogen) atoms. The number of aliphatic hydroxyl groups excluding tert-OH is 1. The Morgan fingerprint density at radius 2 is 1.74 bits per heavy atom. The van der Waals surface area contributed by atoms with Crippen LogP contribution in [0.3, 0.4) is 0 Å². The summed E-state index contributed by atoms with van der Waals surface area (Å²) in [5, 5.41) is 18.2. The summed E-state index contributed by atoms with van der Waals surface area (Å²) in [6.07, 6.45) is 6.74. The Hall–Kier alpha value is -2.70. The van der Waals surface area contributed by atoms with Crippen LogP contribution in [-0.4, -0.2) is 65.7 Å². The van der Waals surface area contributed by atoms with Crippen molar-refractivity contribution in [3.63, 3.8) is 0 Å². The molecule has 4 rings (SSSR count). The first-order valence-corrected chi connectivity index (χ1v) is 15.3. The standard InChI is InChI=1S/C27H39N3O8S/c31-23-20(11-14-28-23)16-22(25(33)39(35,36)37)29-24(32)21(15-18-7-3-1-4-8-18)30-26(34)38-27(12-13-27)17-19-9-5-2-6-10-19/h2,5-6,9-10,18,20-22,25,33H,1,3-4,7-8,11-17H2,(H,28,31)(H,29,32)(H,30,34)(H,35,36,37)/t20-,21-,22-,25?/m0/s1. The van der Waals surface area contributed by atoms with E-state index in [-0.39, 0.29) is 18.2 Å². The Balaban J connectivity index is 1.45. The highest BCUT2D eigenvalue weighted by molar-refractivity contribution is 7.86. The van der Waals surface area contributed by atoms with Gasteiger partial charge in [-0.2, -0.15) is 8.42 Å². The van der Waals surface area contributed by atoms with Gasteiger partial charge in [-0.1, -0.05) is 62.4 Å². The van der Waals surface area contributed by atoms with Crippen LogP contribution in [0.2, 0.25) is 0 Å². The molecule has 1 unspecified atom stereocenters. The number of amides is 3. The predicted octanol–water partition coefficient (Wildman–Crippen LogP) is 2.04. The average Bonchev–Trinajstić information content (AvgIpc) is 3.52. The van der Waals surface area contributed by atoms with Gasteiger partial charge in [0.25, 0.3) is 10.1 Å². The van der Waals surface area contributed by atoms with E-state index in [1.807, 2.05) is 30.3 Å². The van der Waals surface area contributed by atoms with Crippen molar-refractivity contribution < 1.29 is 37.2 Å². The van der Waals surface area contributed by atoms with Gasteiger partial charge in [0, 0.05) is 18.9 Å². The molecule has 12 heteroatoms. The second kappa shape index (κ2) is 12.6. The molecule has 1 aromatic rings. The molecule has 0 radical (unpaired) electrons. The topological polar surface area (TPSA) is 171 Å². The molecule has 5 N–H and O–H groups in total. The average molecular weight is 566 g/mol. The zero-order valence-electron chi connectivity index (χ0n) is 22.0. The van der Waals surface area contributed by atoms with Gasteiger partial charge in [0.15, 0.2) is 0 Å². The second-order valence-corrected chi connectivity index (χ2v) is 12.7. The summed E-state index contributed by atoms with van der Waals surface area (Å²) in [6.45, 7) is 0.397. The minimum Gasteiger partial charge on any atom is -0.443 e. The first-order valence-electron chi connectivity index (χ1n) is 13.8. The molecular weight excluding hydrogens is 526 g/mol. The Bertz CT molecular complexity index is 1120. The highest BCUT2D eigenvalue weighted by atomic mass is 32.2. The largest absolute Gasteiger partial charge is 0.443 e. The molecular formula is C27H39N3O8S. The third-order valence-electron chi connectivity index (χ3n) is 8.07. The zero-order valence-corrected chi connectivity index (χ0v) is 22.8. The second-order valence-electron chi connectivity index (χ2n) is 11.2. The molecule has 11 nitrogen and oxygen atoms in total. The van der Waals surface area contributed by atoms with Crippen LogP contribution in [0.25, 0.3) is 0 Å². The Morgan fingerprint density at radius 3 is 2.33 bits per heavy atom. The number of benzene rings is 1. The molecule has 216 valence electrons. The quantitative estimate of drug-likeness (QED) is 0.240. The van der Waals surface area contributed by atoms with E-state index in [1.165, 1.54) is 0 Å². The molecule has 3 amide bonds. The van der Waals surface area contributed by atoms with Crippen LogP contribution in [0.5, 0.6) is 0 Å². The molecule has 2 saturated carbocycles. The maximum absolute atomic E-state index is 13.5. The molecule has 3 fully saturated rings. The lowest BCUT2D eigenvalue weighted by atomic mass is 9.84. The number of hydrogen-bond donors (Lipinski definition) is 5. The van der Waals surface area contributed by atoms with E-state index >= 15 is 0 Å². The zero-order chi connectivity index (χ0) is 28.0. The van der Waals surface area contributed by atoms with Crippen LogP contribution in [0.1, 0.15) is 69.8 Å². The fourth-order valence-electron chi connectivity index (χ4n) is 5.69. The number of hydrogen-bond acceptors (Lipinski definition) is 7. The van der Waals surface area contributed by atoms with Gasteiger partial charge in [-0.3, -0.25) is 14.1 Å². The van der Waals surface area contributed by atoms with Crippen LogP contribution >= 0.6 is 0 Å². The number of carbonyl (C=O) groups excluding carboxylic acids is 3. The molecule has 1 saturated heterocycles. The highest BCUT2D eigenvalue weighted by Crippen LogP contribution is 2.42. The lowest BCUT2D eigenvalue weighted by Crippen LogP contribution is -2.55. The van der Waals surface area contributed by atoms with Gasteiger partial charge in [0.2, 0.25) is 17.3 Å². The molecule has 0 bridgehead atoms. The smallest absolute Gasteiger partial charge is 0.408 e. The normalized spacial score (nSPS) is 23.2. The van der Waals surface area contributed by atoms with E-state index in [9.17, 15) is 32.5 Å².